The van der Waals surface area contributed by atoms with Crippen molar-refractivity contribution in [2.75, 3.05) is 30.9 Å². The Kier molecular flexibility index (Phi) is 7.02. The fourth-order valence-electron chi connectivity index (χ4n) is 3.75. The van der Waals surface area contributed by atoms with E-state index in [2.05, 4.69) is 20.6 Å². The van der Waals surface area contributed by atoms with Crippen molar-refractivity contribution in [2.24, 2.45) is 5.92 Å². The first-order valence-electron chi connectivity index (χ1n) is 10.4. The zero-order valence-electron chi connectivity index (χ0n) is 18.0. The van der Waals surface area contributed by atoms with Crippen LogP contribution in [0.4, 0.5) is 24.8 Å². The summed E-state index contributed by atoms with van der Waals surface area (Å²) in [5.41, 5.74) is -0.787. The molecule has 0 spiro atoms. The lowest BCUT2D eigenvalue weighted by atomic mass is 9.86. The van der Waals surface area contributed by atoms with Crippen molar-refractivity contribution in [2.45, 2.75) is 44.8 Å². The van der Waals surface area contributed by atoms with E-state index in [0.29, 0.717) is 24.3 Å². The number of aromatic nitrogens is 2. The molecule has 168 valence electrons. The standard InChI is InChI=1S/C22H28F3N5O/c1-14-27-19(12-20(28-14)30(2)3)29-18-9-7-15(8-10-18)13-26-21(31)16-5-4-6-17(11-16)22(23,24)25/h4-6,11-12,15,18H,7-10,13H2,1-3H3,(H,26,31)(H,27,28,29)/t15-,18+. The minimum atomic E-state index is -4.46. The van der Waals surface area contributed by atoms with Crippen molar-refractivity contribution in [1.29, 1.82) is 0 Å². The lowest BCUT2D eigenvalue weighted by Crippen LogP contribution is -2.34. The van der Waals surface area contributed by atoms with Gasteiger partial charge in [0.2, 0.25) is 0 Å². The summed E-state index contributed by atoms with van der Waals surface area (Å²) < 4.78 is 38.5. The maximum absolute atomic E-state index is 12.8. The average molecular weight is 435 g/mol. The van der Waals surface area contributed by atoms with Gasteiger partial charge in [0.25, 0.3) is 5.91 Å². The van der Waals surface area contributed by atoms with Gasteiger partial charge in [-0.25, -0.2) is 9.97 Å². The Morgan fingerprint density at radius 3 is 2.48 bits per heavy atom. The Morgan fingerprint density at radius 2 is 1.84 bits per heavy atom. The van der Waals surface area contributed by atoms with E-state index in [1.165, 1.54) is 12.1 Å². The summed E-state index contributed by atoms with van der Waals surface area (Å²) in [5, 5.41) is 6.26. The molecule has 0 bridgehead atoms. The number of amides is 1. The molecule has 6 nitrogen and oxygen atoms in total. The molecule has 1 aliphatic rings. The molecule has 3 rings (SSSR count). The number of halogens is 3. The third kappa shape index (κ3) is 6.32. The first-order chi connectivity index (χ1) is 14.6. The van der Waals surface area contributed by atoms with Gasteiger partial charge in [0.1, 0.15) is 17.5 Å². The summed E-state index contributed by atoms with van der Waals surface area (Å²) >= 11 is 0. The molecule has 1 aliphatic carbocycles. The van der Waals surface area contributed by atoms with Crippen LogP contribution in [-0.2, 0) is 6.18 Å². The molecule has 1 fully saturated rings. The zero-order chi connectivity index (χ0) is 22.6. The Labute approximate surface area is 180 Å². The SMILES string of the molecule is Cc1nc(N[C@H]2CC[C@@H](CNC(=O)c3cccc(C(F)(F)F)c3)CC2)cc(N(C)C)n1. The molecular weight excluding hydrogens is 407 g/mol. The number of alkyl halides is 3. The zero-order valence-corrected chi connectivity index (χ0v) is 18.0. The van der Waals surface area contributed by atoms with Gasteiger partial charge in [-0.15, -0.1) is 0 Å². The number of anilines is 2. The van der Waals surface area contributed by atoms with Crippen LogP contribution < -0.4 is 15.5 Å². The van der Waals surface area contributed by atoms with Crippen LogP contribution in [-0.4, -0.2) is 42.6 Å². The summed E-state index contributed by atoms with van der Waals surface area (Å²) in [6.07, 6.45) is -0.748. The largest absolute Gasteiger partial charge is 0.416 e. The number of benzene rings is 1. The van der Waals surface area contributed by atoms with Crippen LogP contribution in [0.2, 0.25) is 0 Å². The van der Waals surface area contributed by atoms with E-state index in [4.69, 9.17) is 0 Å². The summed E-state index contributed by atoms with van der Waals surface area (Å²) in [6, 6.07) is 6.73. The molecule has 31 heavy (non-hydrogen) atoms. The van der Waals surface area contributed by atoms with Gasteiger partial charge in [0.15, 0.2) is 0 Å². The van der Waals surface area contributed by atoms with E-state index in [9.17, 15) is 18.0 Å². The molecule has 0 atom stereocenters. The van der Waals surface area contributed by atoms with Crippen molar-refractivity contribution in [1.82, 2.24) is 15.3 Å². The highest BCUT2D eigenvalue weighted by Crippen LogP contribution is 2.30. The molecule has 1 heterocycles. The van der Waals surface area contributed by atoms with Crippen LogP contribution >= 0.6 is 0 Å². The lowest BCUT2D eigenvalue weighted by molar-refractivity contribution is -0.137. The molecule has 1 aromatic heterocycles. The highest BCUT2D eigenvalue weighted by Gasteiger charge is 2.31. The van der Waals surface area contributed by atoms with Gasteiger partial charge in [-0.3, -0.25) is 4.79 Å². The molecule has 0 unspecified atom stereocenters. The summed E-state index contributed by atoms with van der Waals surface area (Å²) in [7, 11) is 3.87. The summed E-state index contributed by atoms with van der Waals surface area (Å²) in [6.45, 7) is 2.32. The monoisotopic (exact) mass is 435 g/mol. The van der Waals surface area contributed by atoms with Crippen molar-refractivity contribution < 1.29 is 18.0 Å². The van der Waals surface area contributed by atoms with Gasteiger partial charge >= 0.3 is 6.18 Å². The van der Waals surface area contributed by atoms with Gasteiger partial charge in [0.05, 0.1) is 5.56 Å². The molecule has 1 saturated carbocycles. The molecule has 0 aliphatic heterocycles. The highest BCUT2D eigenvalue weighted by atomic mass is 19.4. The number of carbonyl (C=O) groups excluding carboxylic acids is 1. The lowest BCUT2D eigenvalue weighted by Gasteiger charge is -2.29. The minimum absolute atomic E-state index is 0.0287. The topological polar surface area (TPSA) is 70.2 Å². The number of hydrogen-bond acceptors (Lipinski definition) is 5. The smallest absolute Gasteiger partial charge is 0.367 e. The number of carbonyl (C=O) groups is 1. The number of nitrogens with one attached hydrogen (secondary N) is 2. The average Bonchev–Trinajstić information content (AvgIpc) is 2.72. The molecule has 0 saturated heterocycles. The van der Waals surface area contributed by atoms with Crippen LogP contribution in [0.25, 0.3) is 0 Å². The Hall–Kier alpha value is -2.84. The second-order valence-corrected chi connectivity index (χ2v) is 8.20. The first kappa shape index (κ1) is 22.8. The molecule has 1 aromatic carbocycles. The van der Waals surface area contributed by atoms with Crippen LogP contribution in [0.3, 0.4) is 0 Å². The van der Waals surface area contributed by atoms with Gasteiger partial charge in [-0.05, 0) is 56.7 Å². The second-order valence-electron chi connectivity index (χ2n) is 8.20. The normalized spacial score (nSPS) is 19.0. The Morgan fingerprint density at radius 1 is 1.13 bits per heavy atom. The van der Waals surface area contributed by atoms with Crippen molar-refractivity contribution in [3.8, 4) is 0 Å². The van der Waals surface area contributed by atoms with Crippen LogP contribution in [0, 0.1) is 12.8 Å². The highest BCUT2D eigenvalue weighted by molar-refractivity contribution is 5.94. The Bertz CT molecular complexity index is 908. The number of rotatable bonds is 6. The van der Waals surface area contributed by atoms with Gasteiger partial charge in [-0.1, -0.05) is 6.07 Å². The van der Waals surface area contributed by atoms with E-state index in [1.807, 2.05) is 32.0 Å². The van der Waals surface area contributed by atoms with Crippen molar-refractivity contribution in [3.63, 3.8) is 0 Å². The third-order valence-electron chi connectivity index (χ3n) is 5.48. The molecule has 2 aromatic rings. The maximum Gasteiger partial charge on any atom is 0.416 e. The molecule has 0 radical (unpaired) electrons. The van der Waals surface area contributed by atoms with E-state index in [0.717, 1.165) is 49.5 Å². The van der Waals surface area contributed by atoms with Gasteiger partial charge in [0, 0.05) is 38.3 Å². The Balaban J connectivity index is 1.48. The van der Waals surface area contributed by atoms with E-state index in [-0.39, 0.29) is 5.56 Å². The molecule has 1 amide bonds. The number of nitrogens with zero attached hydrogens (tertiary/aromatic N) is 3. The third-order valence-corrected chi connectivity index (χ3v) is 5.48. The van der Waals surface area contributed by atoms with Crippen LogP contribution in [0.1, 0.15) is 47.4 Å². The van der Waals surface area contributed by atoms with E-state index < -0.39 is 17.6 Å². The fourth-order valence-corrected chi connectivity index (χ4v) is 3.75. The molecule has 2 N–H and O–H groups in total. The van der Waals surface area contributed by atoms with Crippen LogP contribution in [0.5, 0.6) is 0 Å². The van der Waals surface area contributed by atoms with Gasteiger partial charge in [-0.2, -0.15) is 13.2 Å². The number of aryl methyl sites for hydroxylation is 1. The minimum Gasteiger partial charge on any atom is -0.367 e. The quantitative estimate of drug-likeness (QED) is 0.709. The van der Waals surface area contributed by atoms with Gasteiger partial charge < -0.3 is 15.5 Å². The first-order valence-corrected chi connectivity index (χ1v) is 10.4. The van der Waals surface area contributed by atoms with E-state index in [1.54, 1.807) is 0 Å². The van der Waals surface area contributed by atoms with E-state index >= 15 is 0 Å². The predicted octanol–water partition coefficient (Wildman–Crippen LogP) is 4.27. The van der Waals surface area contributed by atoms with Crippen LogP contribution in [0.15, 0.2) is 30.3 Å². The second kappa shape index (κ2) is 9.53. The predicted molar refractivity (Wildman–Crippen MR) is 114 cm³/mol. The maximum atomic E-state index is 12.8. The summed E-state index contributed by atoms with van der Waals surface area (Å²) in [5.74, 6) is 2.19. The molecular formula is C22H28F3N5O. The van der Waals surface area contributed by atoms with Crippen molar-refractivity contribution in [3.05, 3.63) is 47.3 Å². The number of hydrogen-bond donors (Lipinski definition) is 2. The molecule has 9 heteroatoms. The van der Waals surface area contributed by atoms with Crippen molar-refractivity contribution >= 4 is 17.5 Å². The fraction of sp³-hybridized carbons (Fsp3) is 0.500. The summed E-state index contributed by atoms with van der Waals surface area (Å²) in [4.78, 5) is 23.1.